The molecule has 7 nitrogen and oxygen atoms in total. The second-order valence-electron chi connectivity index (χ2n) is 13.1. The molecule has 0 aliphatic carbocycles. The fourth-order valence-electron chi connectivity index (χ4n) is 3.19. The van der Waals surface area contributed by atoms with Gasteiger partial charge in [0.2, 0.25) is 0 Å². The molecule has 2 atom stereocenters. The van der Waals surface area contributed by atoms with Crippen molar-refractivity contribution in [3.63, 3.8) is 0 Å². The highest BCUT2D eigenvalue weighted by atomic mass is 28.4. The van der Waals surface area contributed by atoms with Crippen molar-refractivity contribution < 1.29 is 18.8 Å². The number of aromatic nitrogens is 2. The Morgan fingerprint density at radius 3 is 1.88 bits per heavy atom. The Morgan fingerprint density at radius 1 is 1.00 bits per heavy atom. The first-order chi connectivity index (χ1) is 14.6. The monoisotopic (exact) mass is 499 g/mol. The number of hydrogen-bond acceptors (Lipinski definition) is 4. The zero-order chi connectivity index (χ0) is 26.0. The van der Waals surface area contributed by atoms with Gasteiger partial charge in [-0.3, -0.25) is 4.90 Å². The van der Waals surface area contributed by atoms with Gasteiger partial charge in [0.05, 0.1) is 25.1 Å². The lowest BCUT2D eigenvalue weighted by Crippen LogP contribution is -2.61. The molecule has 0 aliphatic heterocycles. The van der Waals surface area contributed by atoms with E-state index in [4.69, 9.17) is 8.85 Å². The second kappa shape index (κ2) is 10.2. The van der Waals surface area contributed by atoms with Gasteiger partial charge in [-0.1, -0.05) is 41.5 Å². The summed E-state index contributed by atoms with van der Waals surface area (Å²) in [6, 6.07) is -0.435. The van der Waals surface area contributed by atoms with Gasteiger partial charge in [0.1, 0.15) is 0 Å². The third kappa shape index (κ3) is 7.94. The molecule has 0 aliphatic rings. The zero-order valence-corrected chi connectivity index (χ0v) is 25.3. The molecule has 0 fully saturated rings. The molecule has 0 saturated heterocycles. The topological polar surface area (TPSA) is 76.8 Å². The minimum atomic E-state index is -2.22. The summed E-state index contributed by atoms with van der Waals surface area (Å²) >= 11 is 0. The maximum absolute atomic E-state index is 12.6. The SMILES string of the molecule is CC(C)(C)N(C(=O)O)[C@@H](Cn1ccnc1)[C@@H](CO[Si](C)(C)C(C)(C)C)O[Si](C)(C)C(C)(C)C. The Hall–Kier alpha value is -1.17. The molecule has 0 unspecified atom stereocenters. The van der Waals surface area contributed by atoms with E-state index in [2.05, 4.69) is 72.7 Å². The van der Waals surface area contributed by atoms with Crippen molar-refractivity contribution in [3.8, 4) is 0 Å². The molecular weight excluding hydrogens is 450 g/mol. The lowest BCUT2D eigenvalue weighted by molar-refractivity contribution is -0.0136. The molecule has 33 heavy (non-hydrogen) atoms. The number of hydrogen-bond donors (Lipinski definition) is 1. The predicted octanol–water partition coefficient (Wildman–Crippen LogP) is 6.44. The first kappa shape index (κ1) is 29.9. The summed E-state index contributed by atoms with van der Waals surface area (Å²) < 4.78 is 15.5. The van der Waals surface area contributed by atoms with Gasteiger partial charge in [-0.2, -0.15) is 0 Å². The largest absolute Gasteiger partial charge is 0.465 e. The van der Waals surface area contributed by atoms with Gasteiger partial charge in [0, 0.05) is 24.5 Å². The van der Waals surface area contributed by atoms with Gasteiger partial charge in [-0.05, 0) is 57.0 Å². The van der Waals surface area contributed by atoms with Crippen LogP contribution in [-0.2, 0) is 15.4 Å². The van der Waals surface area contributed by atoms with E-state index in [-0.39, 0.29) is 10.1 Å². The third-order valence-electron chi connectivity index (χ3n) is 7.31. The summed E-state index contributed by atoms with van der Waals surface area (Å²) in [7, 11) is -4.29. The second-order valence-corrected chi connectivity index (χ2v) is 22.7. The molecule has 0 aromatic carbocycles. The lowest BCUT2D eigenvalue weighted by Gasteiger charge is -2.48. The molecule has 9 heteroatoms. The van der Waals surface area contributed by atoms with Crippen LogP contribution in [0.4, 0.5) is 4.79 Å². The number of carbonyl (C=O) groups is 1. The summed E-state index contributed by atoms with van der Waals surface area (Å²) in [5.74, 6) is 0. The molecule has 1 heterocycles. The van der Waals surface area contributed by atoms with Gasteiger partial charge in [0.15, 0.2) is 16.6 Å². The van der Waals surface area contributed by atoms with E-state index in [1.165, 1.54) is 0 Å². The quantitative estimate of drug-likeness (QED) is 0.395. The van der Waals surface area contributed by atoms with Crippen molar-refractivity contribution in [2.75, 3.05) is 6.61 Å². The van der Waals surface area contributed by atoms with Gasteiger partial charge >= 0.3 is 6.09 Å². The van der Waals surface area contributed by atoms with Gasteiger partial charge in [0.25, 0.3) is 0 Å². The van der Waals surface area contributed by atoms with Crippen LogP contribution in [-0.4, -0.2) is 66.6 Å². The van der Waals surface area contributed by atoms with Crippen LogP contribution in [0.5, 0.6) is 0 Å². The van der Waals surface area contributed by atoms with E-state index < -0.39 is 40.4 Å². The molecule has 1 N–H and O–H groups in total. The van der Waals surface area contributed by atoms with Gasteiger partial charge in [-0.15, -0.1) is 0 Å². The molecule has 1 amide bonds. The summed E-state index contributed by atoms with van der Waals surface area (Å²) in [4.78, 5) is 18.3. The van der Waals surface area contributed by atoms with E-state index in [0.29, 0.717) is 13.2 Å². The van der Waals surface area contributed by atoms with Crippen LogP contribution in [0.25, 0.3) is 0 Å². The van der Waals surface area contributed by atoms with Crippen LogP contribution in [0.3, 0.4) is 0 Å². The van der Waals surface area contributed by atoms with Gasteiger partial charge < -0.3 is 18.5 Å². The fourth-order valence-corrected chi connectivity index (χ4v) is 5.54. The molecule has 0 bridgehead atoms. The van der Waals surface area contributed by atoms with Crippen molar-refractivity contribution in [1.29, 1.82) is 0 Å². The van der Waals surface area contributed by atoms with E-state index in [9.17, 15) is 9.90 Å². The Balaban J connectivity index is 3.53. The van der Waals surface area contributed by atoms with Crippen LogP contribution in [0.1, 0.15) is 62.3 Å². The number of imidazole rings is 1. The highest BCUT2D eigenvalue weighted by Crippen LogP contribution is 2.40. The first-order valence-corrected chi connectivity index (χ1v) is 17.7. The predicted molar refractivity (Wildman–Crippen MR) is 141 cm³/mol. The molecule has 1 rings (SSSR count). The molecule has 0 radical (unpaired) electrons. The van der Waals surface area contributed by atoms with E-state index in [1.807, 2.05) is 31.5 Å². The summed E-state index contributed by atoms with van der Waals surface area (Å²) in [6.45, 7) is 28.7. The number of amides is 1. The Kier molecular flexibility index (Phi) is 9.24. The maximum Gasteiger partial charge on any atom is 0.408 e. The minimum Gasteiger partial charge on any atom is -0.465 e. The molecule has 0 spiro atoms. The molecule has 1 aromatic heterocycles. The van der Waals surface area contributed by atoms with Crippen molar-refractivity contribution in [1.82, 2.24) is 14.5 Å². The Labute approximate surface area is 204 Å². The molecule has 0 saturated carbocycles. The maximum atomic E-state index is 12.6. The average Bonchev–Trinajstić information content (AvgIpc) is 3.07. The number of carboxylic acid groups (broad SMARTS) is 1. The van der Waals surface area contributed by atoms with Crippen LogP contribution in [0.15, 0.2) is 18.7 Å². The van der Waals surface area contributed by atoms with Crippen molar-refractivity contribution >= 4 is 22.7 Å². The molecular formula is C24H49N3O4Si2. The van der Waals surface area contributed by atoms with Crippen molar-refractivity contribution in [2.45, 2.75) is 123 Å². The highest BCUT2D eigenvalue weighted by Gasteiger charge is 2.46. The Bertz CT molecular complexity index is 760. The van der Waals surface area contributed by atoms with Crippen molar-refractivity contribution in [3.05, 3.63) is 18.7 Å². The van der Waals surface area contributed by atoms with Crippen molar-refractivity contribution in [2.24, 2.45) is 0 Å². The normalized spacial score (nSPS) is 15.9. The minimum absolute atomic E-state index is 0.0163. The Morgan fingerprint density at radius 2 is 1.52 bits per heavy atom. The van der Waals surface area contributed by atoms with Crippen LogP contribution >= 0.6 is 0 Å². The summed E-state index contributed by atoms with van der Waals surface area (Å²) in [6.07, 6.45) is 3.96. The number of rotatable bonds is 9. The highest BCUT2D eigenvalue weighted by molar-refractivity contribution is 6.74. The van der Waals surface area contributed by atoms with E-state index in [0.717, 1.165) is 0 Å². The zero-order valence-electron chi connectivity index (χ0n) is 23.3. The smallest absolute Gasteiger partial charge is 0.408 e. The first-order valence-electron chi connectivity index (χ1n) is 11.9. The summed E-state index contributed by atoms with van der Waals surface area (Å²) in [5, 5.41) is 10.3. The third-order valence-corrected chi connectivity index (χ3v) is 16.3. The number of nitrogens with zero attached hydrogens (tertiary/aromatic N) is 3. The van der Waals surface area contributed by atoms with E-state index in [1.54, 1.807) is 17.4 Å². The molecule has 1 aromatic rings. The fraction of sp³-hybridized carbons (Fsp3) is 0.833. The van der Waals surface area contributed by atoms with Crippen LogP contribution in [0.2, 0.25) is 36.3 Å². The lowest BCUT2D eigenvalue weighted by atomic mass is 10.0. The molecule has 192 valence electrons. The van der Waals surface area contributed by atoms with Crippen LogP contribution < -0.4 is 0 Å². The summed E-state index contributed by atoms with van der Waals surface area (Å²) in [5.41, 5.74) is -0.608. The standard InChI is InChI=1S/C24H49N3O4Si2/c1-22(2,3)27(21(28)29)19(16-26-15-14-25-18-26)20(31-33(12,13)24(7,8)9)17-30-32(10,11)23(4,5)6/h14-15,18-20H,16-17H2,1-13H3,(H,28,29)/t19-,20+/m0/s1. The average molecular weight is 500 g/mol. The van der Waals surface area contributed by atoms with Gasteiger partial charge in [-0.25, -0.2) is 9.78 Å². The van der Waals surface area contributed by atoms with Crippen LogP contribution in [0, 0.1) is 0 Å². The van der Waals surface area contributed by atoms with E-state index >= 15 is 0 Å².